The first-order chi connectivity index (χ1) is 12.6. The van der Waals surface area contributed by atoms with Gasteiger partial charge in [0.25, 0.3) is 0 Å². The third-order valence-corrected chi connectivity index (χ3v) is 4.37. The minimum atomic E-state index is -0.930. The summed E-state index contributed by atoms with van der Waals surface area (Å²) in [7, 11) is 0. The predicted molar refractivity (Wildman–Crippen MR) is 106 cm³/mol. The molecular formula is C21H18BrNO3. The lowest BCUT2D eigenvalue weighted by molar-refractivity contribution is 0.0697. The molecule has 0 amide bonds. The van der Waals surface area contributed by atoms with Gasteiger partial charge in [0.2, 0.25) is 0 Å². The van der Waals surface area contributed by atoms with Crippen LogP contribution in [-0.2, 0) is 13.2 Å². The summed E-state index contributed by atoms with van der Waals surface area (Å²) in [5, 5.41) is 12.3. The van der Waals surface area contributed by atoms with Crippen LogP contribution in [0.25, 0.3) is 0 Å². The summed E-state index contributed by atoms with van der Waals surface area (Å²) >= 11 is 3.50. The molecule has 2 N–H and O–H groups in total. The Hall–Kier alpha value is -2.79. The fraction of sp³-hybridized carbons (Fsp3) is 0.0952. The van der Waals surface area contributed by atoms with Gasteiger partial charge in [0, 0.05) is 22.3 Å². The van der Waals surface area contributed by atoms with Crippen molar-refractivity contribution in [1.82, 2.24) is 0 Å². The highest BCUT2D eigenvalue weighted by atomic mass is 79.9. The van der Waals surface area contributed by atoms with Crippen molar-refractivity contribution in [3.8, 4) is 5.75 Å². The molecule has 0 saturated carbocycles. The molecule has 0 heterocycles. The molecule has 4 nitrogen and oxygen atoms in total. The maximum Gasteiger partial charge on any atom is 0.335 e. The zero-order chi connectivity index (χ0) is 18.4. The molecule has 0 radical (unpaired) electrons. The number of halogens is 1. The van der Waals surface area contributed by atoms with E-state index in [4.69, 9.17) is 9.84 Å². The highest BCUT2D eigenvalue weighted by Gasteiger charge is 2.07. The SMILES string of the molecule is O=C(O)c1ccc(NCc2cc(Br)ccc2OCc2ccccc2)cc1. The summed E-state index contributed by atoms with van der Waals surface area (Å²) in [6.07, 6.45) is 0. The Morgan fingerprint density at radius 1 is 1.00 bits per heavy atom. The van der Waals surface area contributed by atoms with Crippen molar-refractivity contribution >= 4 is 27.6 Å². The van der Waals surface area contributed by atoms with Crippen molar-refractivity contribution in [2.45, 2.75) is 13.2 Å². The van der Waals surface area contributed by atoms with Gasteiger partial charge in [-0.15, -0.1) is 0 Å². The molecule has 0 aliphatic carbocycles. The van der Waals surface area contributed by atoms with E-state index in [1.165, 1.54) is 0 Å². The summed E-state index contributed by atoms with van der Waals surface area (Å²) in [5.74, 6) is -0.119. The Balaban J connectivity index is 1.68. The van der Waals surface area contributed by atoms with Crippen LogP contribution in [0, 0.1) is 0 Å². The van der Waals surface area contributed by atoms with Crippen molar-refractivity contribution in [2.75, 3.05) is 5.32 Å². The Bertz CT molecular complexity index is 880. The molecule has 26 heavy (non-hydrogen) atoms. The number of hydrogen-bond donors (Lipinski definition) is 2. The topological polar surface area (TPSA) is 58.6 Å². The largest absolute Gasteiger partial charge is 0.489 e. The first-order valence-electron chi connectivity index (χ1n) is 8.14. The number of nitrogens with one attached hydrogen (secondary N) is 1. The highest BCUT2D eigenvalue weighted by Crippen LogP contribution is 2.25. The lowest BCUT2D eigenvalue weighted by Gasteiger charge is -2.14. The molecule has 3 aromatic rings. The molecule has 0 atom stereocenters. The zero-order valence-electron chi connectivity index (χ0n) is 14.0. The number of ether oxygens (including phenoxy) is 1. The standard InChI is InChI=1S/C21H18BrNO3/c22-18-8-11-20(26-14-15-4-2-1-3-5-15)17(12-18)13-23-19-9-6-16(7-10-19)21(24)25/h1-12,23H,13-14H2,(H,24,25). The molecule has 132 valence electrons. The molecule has 0 aliphatic rings. The van der Waals surface area contributed by atoms with E-state index in [2.05, 4.69) is 21.2 Å². The van der Waals surface area contributed by atoms with Crippen LogP contribution in [0.4, 0.5) is 5.69 Å². The number of aromatic carboxylic acids is 1. The number of anilines is 1. The summed E-state index contributed by atoms with van der Waals surface area (Å²) in [4.78, 5) is 10.9. The third kappa shape index (κ3) is 4.86. The van der Waals surface area contributed by atoms with E-state index in [1.807, 2.05) is 48.5 Å². The van der Waals surface area contributed by atoms with E-state index in [9.17, 15) is 4.79 Å². The van der Waals surface area contributed by atoms with Crippen LogP contribution in [0.1, 0.15) is 21.5 Å². The first kappa shape index (κ1) is 18.0. The fourth-order valence-corrected chi connectivity index (χ4v) is 2.90. The second-order valence-electron chi connectivity index (χ2n) is 5.76. The molecule has 0 saturated heterocycles. The molecule has 3 rings (SSSR count). The predicted octanol–water partition coefficient (Wildman–Crippen LogP) is 5.34. The Morgan fingerprint density at radius 2 is 1.73 bits per heavy atom. The van der Waals surface area contributed by atoms with Gasteiger partial charge in [0.15, 0.2) is 0 Å². The maximum absolute atomic E-state index is 10.9. The van der Waals surface area contributed by atoms with Gasteiger partial charge in [0.05, 0.1) is 5.56 Å². The van der Waals surface area contributed by atoms with E-state index < -0.39 is 5.97 Å². The van der Waals surface area contributed by atoms with Gasteiger partial charge in [-0.05, 0) is 48.0 Å². The molecular weight excluding hydrogens is 394 g/mol. The van der Waals surface area contributed by atoms with Gasteiger partial charge in [-0.1, -0.05) is 46.3 Å². The molecule has 0 fully saturated rings. The number of benzene rings is 3. The molecule has 0 aliphatic heterocycles. The van der Waals surface area contributed by atoms with Gasteiger partial charge in [-0.3, -0.25) is 0 Å². The van der Waals surface area contributed by atoms with E-state index in [-0.39, 0.29) is 5.56 Å². The average molecular weight is 412 g/mol. The first-order valence-corrected chi connectivity index (χ1v) is 8.93. The fourth-order valence-electron chi connectivity index (χ4n) is 2.49. The van der Waals surface area contributed by atoms with Crippen LogP contribution in [0.5, 0.6) is 5.75 Å². The van der Waals surface area contributed by atoms with Crippen molar-refractivity contribution in [3.05, 3.63) is 94.0 Å². The van der Waals surface area contributed by atoms with Crippen LogP contribution in [0.15, 0.2) is 77.3 Å². The lowest BCUT2D eigenvalue weighted by Crippen LogP contribution is -2.04. The normalized spacial score (nSPS) is 10.3. The van der Waals surface area contributed by atoms with Crippen molar-refractivity contribution < 1.29 is 14.6 Å². The minimum absolute atomic E-state index is 0.268. The van der Waals surface area contributed by atoms with Gasteiger partial charge in [-0.2, -0.15) is 0 Å². The zero-order valence-corrected chi connectivity index (χ0v) is 15.6. The molecule has 0 aromatic heterocycles. The van der Waals surface area contributed by atoms with Crippen LogP contribution in [-0.4, -0.2) is 11.1 Å². The second kappa shape index (κ2) is 8.54. The summed E-state index contributed by atoms with van der Waals surface area (Å²) in [6, 6.07) is 22.6. The molecule has 0 unspecified atom stereocenters. The number of rotatable bonds is 7. The average Bonchev–Trinajstić information content (AvgIpc) is 2.66. The number of carboxylic acid groups (broad SMARTS) is 1. The van der Waals surface area contributed by atoms with Crippen LogP contribution in [0.2, 0.25) is 0 Å². The van der Waals surface area contributed by atoms with Gasteiger partial charge in [0.1, 0.15) is 12.4 Å². The maximum atomic E-state index is 10.9. The van der Waals surface area contributed by atoms with E-state index in [0.29, 0.717) is 13.2 Å². The van der Waals surface area contributed by atoms with Gasteiger partial charge in [-0.25, -0.2) is 4.79 Å². The van der Waals surface area contributed by atoms with E-state index in [0.717, 1.165) is 27.0 Å². The molecule has 0 spiro atoms. The summed E-state index contributed by atoms with van der Waals surface area (Å²) in [5.41, 5.74) is 3.24. The Morgan fingerprint density at radius 3 is 2.42 bits per heavy atom. The number of hydrogen-bond acceptors (Lipinski definition) is 3. The Kier molecular flexibility index (Phi) is 5.92. The number of carboxylic acids is 1. The Labute approximate surface area is 160 Å². The molecule has 3 aromatic carbocycles. The highest BCUT2D eigenvalue weighted by molar-refractivity contribution is 9.10. The van der Waals surface area contributed by atoms with E-state index in [1.54, 1.807) is 24.3 Å². The summed E-state index contributed by atoms with van der Waals surface area (Å²) < 4.78 is 6.95. The molecule has 0 bridgehead atoms. The molecule has 5 heteroatoms. The third-order valence-electron chi connectivity index (χ3n) is 3.87. The van der Waals surface area contributed by atoms with Crippen molar-refractivity contribution in [1.29, 1.82) is 0 Å². The monoisotopic (exact) mass is 411 g/mol. The van der Waals surface area contributed by atoms with Crippen LogP contribution < -0.4 is 10.1 Å². The summed E-state index contributed by atoms with van der Waals surface area (Å²) in [6.45, 7) is 1.07. The smallest absolute Gasteiger partial charge is 0.335 e. The van der Waals surface area contributed by atoms with E-state index >= 15 is 0 Å². The van der Waals surface area contributed by atoms with Crippen molar-refractivity contribution in [3.63, 3.8) is 0 Å². The second-order valence-corrected chi connectivity index (χ2v) is 6.68. The number of carbonyl (C=O) groups is 1. The van der Waals surface area contributed by atoms with Crippen LogP contribution >= 0.6 is 15.9 Å². The minimum Gasteiger partial charge on any atom is -0.489 e. The van der Waals surface area contributed by atoms with Gasteiger partial charge >= 0.3 is 5.97 Å². The van der Waals surface area contributed by atoms with Crippen LogP contribution in [0.3, 0.4) is 0 Å². The quantitative estimate of drug-likeness (QED) is 0.550. The van der Waals surface area contributed by atoms with Gasteiger partial charge < -0.3 is 15.2 Å². The lowest BCUT2D eigenvalue weighted by atomic mass is 10.1. The van der Waals surface area contributed by atoms with Crippen molar-refractivity contribution in [2.24, 2.45) is 0 Å².